The number of carbonyl (C=O) groups is 2. The Kier molecular flexibility index (Phi) is 6.59. The molecule has 6 heteroatoms. The lowest BCUT2D eigenvalue weighted by Crippen LogP contribution is -2.45. The molecule has 0 bridgehead atoms. The molecule has 0 unspecified atom stereocenters. The minimum absolute atomic E-state index is 0.229. The highest BCUT2D eigenvalue weighted by Crippen LogP contribution is 2.23. The summed E-state index contributed by atoms with van der Waals surface area (Å²) in [6.07, 6.45) is 0. The van der Waals surface area contributed by atoms with Gasteiger partial charge in [-0.1, -0.05) is 46.2 Å². The van der Waals surface area contributed by atoms with Crippen molar-refractivity contribution in [1.29, 1.82) is 0 Å². The van der Waals surface area contributed by atoms with Crippen LogP contribution in [-0.4, -0.2) is 24.4 Å². The largest absolute Gasteiger partial charge is 0.352 e. The van der Waals surface area contributed by atoms with E-state index in [1.807, 2.05) is 34.6 Å². The number of nitrogens with one attached hydrogen (secondary N) is 2. The number of benzene rings is 1. The first-order valence-corrected chi connectivity index (χ1v) is 8.04. The molecule has 0 radical (unpaired) electrons. The van der Waals surface area contributed by atoms with Gasteiger partial charge in [0.1, 0.15) is 0 Å². The van der Waals surface area contributed by atoms with Crippen molar-refractivity contribution in [2.45, 2.75) is 40.7 Å². The van der Waals surface area contributed by atoms with E-state index in [9.17, 15) is 9.59 Å². The molecule has 128 valence electrons. The molecule has 0 saturated carbocycles. The van der Waals surface area contributed by atoms with Crippen LogP contribution in [0.4, 0.5) is 5.69 Å². The molecule has 0 saturated heterocycles. The molecule has 0 heterocycles. The lowest BCUT2D eigenvalue weighted by molar-refractivity contribution is -0.119. The van der Waals surface area contributed by atoms with Gasteiger partial charge in [-0.15, -0.1) is 0 Å². The highest BCUT2D eigenvalue weighted by molar-refractivity contribution is 6.34. The second-order valence-electron chi connectivity index (χ2n) is 7.13. The molecule has 4 N–H and O–H groups in total. The Morgan fingerprint density at radius 3 is 2.35 bits per heavy atom. The Bertz CT molecular complexity index is 580. The van der Waals surface area contributed by atoms with Crippen molar-refractivity contribution >= 4 is 29.1 Å². The Hall–Kier alpha value is -1.59. The fourth-order valence-electron chi connectivity index (χ4n) is 1.78. The molecular formula is C17H26ClN3O2. The molecule has 0 aliphatic carbocycles. The van der Waals surface area contributed by atoms with Gasteiger partial charge >= 0.3 is 0 Å². The van der Waals surface area contributed by atoms with Crippen molar-refractivity contribution in [3.8, 4) is 0 Å². The maximum atomic E-state index is 12.1. The smallest absolute Gasteiger partial charge is 0.252 e. The zero-order valence-corrected chi connectivity index (χ0v) is 15.1. The molecule has 1 aromatic carbocycles. The highest BCUT2D eigenvalue weighted by atomic mass is 35.5. The standard InChI is InChI=1S/C17H26ClN3O2/c1-10(2)9-20-15(22)12-7-6-11(8-13(12)18)21-16(23)14(19)17(3,4)5/h6-8,10,14H,9,19H2,1-5H3,(H,20,22)(H,21,23)/t14-/m1/s1. The van der Waals surface area contributed by atoms with Crippen LogP contribution in [0.5, 0.6) is 0 Å². The van der Waals surface area contributed by atoms with E-state index in [4.69, 9.17) is 17.3 Å². The van der Waals surface area contributed by atoms with E-state index in [1.54, 1.807) is 18.2 Å². The first-order valence-electron chi connectivity index (χ1n) is 7.66. The van der Waals surface area contributed by atoms with Gasteiger partial charge in [0, 0.05) is 12.2 Å². The van der Waals surface area contributed by atoms with Crippen molar-refractivity contribution < 1.29 is 9.59 Å². The first kappa shape index (κ1) is 19.5. The van der Waals surface area contributed by atoms with Gasteiger partial charge in [0.05, 0.1) is 16.6 Å². The zero-order valence-electron chi connectivity index (χ0n) is 14.4. The summed E-state index contributed by atoms with van der Waals surface area (Å²) in [6, 6.07) is 4.15. The third kappa shape index (κ3) is 5.84. The molecule has 23 heavy (non-hydrogen) atoms. The van der Waals surface area contributed by atoms with E-state index >= 15 is 0 Å². The van der Waals surface area contributed by atoms with E-state index in [1.165, 1.54) is 0 Å². The monoisotopic (exact) mass is 339 g/mol. The minimum Gasteiger partial charge on any atom is -0.352 e. The quantitative estimate of drug-likeness (QED) is 0.770. The average Bonchev–Trinajstić information content (AvgIpc) is 2.43. The molecule has 5 nitrogen and oxygen atoms in total. The van der Waals surface area contributed by atoms with E-state index < -0.39 is 6.04 Å². The van der Waals surface area contributed by atoms with E-state index in [0.29, 0.717) is 23.7 Å². The van der Waals surface area contributed by atoms with Crippen LogP contribution in [0, 0.1) is 11.3 Å². The molecule has 0 aromatic heterocycles. The maximum Gasteiger partial charge on any atom is 0.252 e. The zero-order chi connectivity index (χ0) is 17.8. The van der Waals surface area contributed by atoms with Gasteiger partial charge in [-0.05, 0) is 29.5 Å². The summed E-state index contributed by atoms with van der Waals surface area (Å²) in [4.78, 5) is 24.1. The van der Waals surface area contributed by atoms with Crippen LogP contribution in [0.2, 0.25) is 5.02 Å². The van der Waals surface area contributed by atoms with Gasteiger partial charge in [0.15, 0.2) is 0 Å². The lowest BCUT2D eigenvalue weighted by Gasteiger charge is -2.25. The van der Waals surface area contributed by atoms with Crippen LogP contribution in [0.3, 0.4) is 0 Å². The van der Waals surface area contributed by atoms with Crippen molar-refractivity contribution in [1.82, 2.24) is 5.32 Å². The summed E-state index contributed by atoms with van der Waals surface area (Å²) in [5, 5.41) is 5.82. The second-order valence-corrected chi connectivity index (χ2v) is 7.54. The molecule has 1 rings (SSSR count). The number of anilines is 1. The first-order chi connectivity index (χ1) is 10.5. The predicted molar refractivity (Wildman–Crippen MR) is 94.7 cm³/mol. The minimum atomic E-state index is -0.643. The third-order valence-electron chi connectivity index (χ3n) is 3.37. The Balaban J connectivity index is 2.80. The fraction of sp³-hybridized carbons (Fsp3) is 0.529. The van der Waals surface area contributed by atoms with Gasteiger partial charge < -0.3 is 16.4 Å². The Morgan fingerprint density at radius 2 is 1.87 bits per heavy atom. The lowest BCUT2D eigenvalue weighted by atomic mass is 9.87. The molecule has 1 aromatic rings. The number of halogens is 1. The second kappa shape index (κ2) is 7.79. The van der Waals surface area contributed by atoms with E-state index in [2.05, 4.69) is 10.6 Å². The topological polar surface area (TPSA) is 84.2 Å². The van der Waals surface area contributed by atoms with E-state index in [-0.39, 0.29) is 22.3 Å². The molecule has 2 amide bonds. The summed E-state index contributed by atoms with van der Waals surface area (Å²) in [5.41, 5.74) is 6.47. The highest BCUT2D eigenvalue weighted by Gasteiger charge is 2.27. The predicted octanol–water partition coefficient (Wildman–Crippen LogP) is 3.04. The Labute approximate surface area is 143 Å². The van der Waals surface area contributed by atoms with Crippen molar-refractivity contribution in [3.63, 3.8) is 0 Å². The maximum absolute atomic E-state index is 12.1. The van der Waals surface area contributed by atoms with Gasteiger partial charge in [-0.25, -0.2) is 0 Å². The fourth-order valence-corrected chi connectivity index (χ4v) is 2.05. The molecule has 0 fully saturated rings. The van der Waals surface area contributed by atoms with Gasteiger partial charge in [0.2, 0.25) is 5.91 Å². The van der Waals surface area contributed by atoms with Gasteiger partial charge in [-0.3, -0.25) is 9.59 Å². The third-order valence-corrected chi connectivity index (χ3v) is 3.68. The number of rotatable bonds is 5. The van der Waals surface area contributed by atoms with Crippen LogP contribution in [-0.2, 0) is 4.79 Å². The van der Waals surface area contributed by atoms with Crippen LogP contribution in [0.1, 0.15) is 45.0 Å². The number of nitrogens with two attached hydrogens (primary N) is 1. The van der Waals surface area contributed by atoms with Crippen molar-refractivity contribution in [3.05, 3.63) is 28.8 Å². The molecule has 1 atom stereocenters. The average molecular weight is 340 g/mol. The Morgan fingerprint density at radius 1 is 1.26 bits per heavy atom. The van der Waals surface area contributed by atoms with Crippen molar-refractivity contribution in [2.75, 3.05) is 11.9 Å². The van der Waals surface area contributed by atoms with Crippen LogP contribution < -0.4 is 16.4 Å². The summed E-state index contributed by atoms with van der Waals surface area (Å²) in [7, 11) is 0. The van der Waals surface area contributed by atoms with Crippen molar-refractivity contribution in [2.24, 2.45) is 17.1 Å². The molecule has 0 spiro atoms. The summed E-state index contributed by atoms with van der Waals surface area (Å²) < 4.78 is 0. The van der Waals surface area contributed by atoms with Gasteiger partial charge in [-0.2, -0.15) is 0 Å². The summed E-state index contributed by atoms with van der Waals surface area (Å²) >= 11 is 6.15. The molecule has 0 aliphatic rings. The van der Waals surface area contributed by atoms with Crippen LogP contribution >= 0.6 is 11.6 Å². The molecular weight excluding hydrogens is 314 g/mol. The summed E-state index contributed by atoms with van der Waals surface area (Å²) in [5.74, 6) is -0.159. The number of amides is 2. The SMILES string of the molecule is CC(C)CNC(=O)c1ccc(NC(=O)[C@@H](N)C(C)(C)C)cc1Cl. The number of carbonyl (C=O) groups excluding carboxylic acids is 2. The number of hydrogen-bond acceptors (Lipinski definition) is 3. The normalized spacial score (nSPS) is 12.9. The number of hydrogen-bond donors (Lipinski definition) is 3. The van der Waals surface area contributed by atoms with Crippen LogP contribution in [0.15, 0.2) is 18.2 Å². The van der Waals surface area contributed by atoms with E-state index in [0.717, 1.165) is 0 Å². The van der Waals surface area contributed by atoms with Gasteiger partial charge in [0.25, 0.3) is 5.91 Å². The summed E-state index contributed by atoms with van der Waals surface area (Å²) in [6.45, 7) is 10.3. The molecule has 0 aliphatic heterocycles. The van der Waals surface area contributed by atoms with Crippen LogP contribution in [0.25, 0.3) is 0 Å².